The predicted octanol–water partition coefficient (Wildman–Crippen LogP) is 8.47. The average molecular weight is 437 g/mol. The second kappa shape index (κ2) is 10.8. The summed E-state index contributed by atoms with van der Waals surface area (Å²) in [5, 5.41) is 21.8. The summed E-state index contributed by atoms with van der Waals surface area (Å²) < 4.78 is 0. The highest BCUT2D eigenvalue weighted by Gasteiger charge is 2.23. The van der Waals surface area contributed by atoms with Gasteiger partial charge in [-0.3, -0.25) is 0 Å². The summed E-state index contributed by atoms with van der Waals surface area (Å²) in [5.74, 6) is 1.47. The van der Waals surface area contributed by atoms with Crippen LogP contribution in [0, 0.1) is 6.92 Å². The van der Waals surface area contributed by atoms with E-state index in [1.165, 1.54) is 62.5 Å². The molecule has 0 aliphatic heterocycles. The molecule has 0 radical (unpaired) electrons. The second-order valence-electron chi connectivity index (χ2n) is 11.1. The van der Waals surface area contributed by atoms with Crippen molar-refractivity contribution in [2.75, 3.05) is 0 Å². The Kier molecular flexibility index (Phi) is 8.31. The van der Waals surface area contributed by atoms with Crippen molar-refractivity contribution in [3.63, 3.8) is 0 Å². The molecule has 176 valence electrons. The van der Waals surface area contributed by atoms with E-state index in [1.54, 1.807) is 0 Å². The zero-order valence-electron chi connectivity index (χ0n) is 21.1. The molecule has 0 amide bonds. The van der Waals surface area contributed by atoms with Crippen LogP contribution >= 0.6 is 0 Å². The van der Waals surface area contributed by atoms with Crippen LogP contribution in [-0.4, -0.2) is 10.2 Å². The lowest BCUT2D eigenvalue weighted by Gasteiger charge is -2.25. The molecule has 2 nitrogen and oxygen atoms in total. The number of benzene rings is 2. The van der Waals surface area contributed by atoms with Gasteiger partial charge >= 0.3 is 0 Å². The van der Waals surface area contributed by atoms with Gasteiger partial charge in [0.05, 0.1) is 0 Å². The van der Waals surface area contributed by atoms with E-state index in [-0.39, 0.29) is 5.41 Å². The van der Waals surface area contributed by atoms with Crippen molar-refractivity contribution in [3.8, 4) is 11.5 Å². The number of aromatic hydroxyl groups is 2. The molecule has 2 heteroatoms. The fraction of sp³-hybridized carbons (Fsp3) is 0.600. The molecule has 0 spiro atoms. The lowest BCUT2D eigenvalue weighted by atomic mass is 9.81. The van der Waals surface area contributed by atoms with Crippen LogP contribution in [-0.2, 0) is 18.3 Å². The summed E-state index contributed by atoms with van der Waals surface area (Å²) in [6.07, 6.45) is 12.8. The molecule has 1 saturated carbocycles. The molecule has 2 N–H and O–H groups in total. The molecule has 2 aromatic carbocycles. The fourth-order valence-electron chi connectivity index (χ4n) is 5.31. The molecule has 1 aliphatic rings. The standard InChI is InChI=1S/C30H44O2/c1-6-7-8-10-15-25-18-23(20-27(29(25)32)30(3,4)5)17-22-16-21(2)28(31)26(19-22)24-13-11-9-12-14-24/h16,18-20,24,31-32H,6-15,17H2,1-5H3. The van der Waals surface area contributed by atoms with E-state index < -0.39 is 0 Å². The Labute approximate surface area is 196 Å². The van der Waals surface area contributed by atoms with Crippen molar-refractivity contribution in [1.82, 2.24) is 0 Å². The normalized spacial score (nSPS) is 15.3. The molecular formula is C30H44O2. The minimum Gasteiger partial charge on any atom is -0.507 e. The predicted molar refractivity (Wildman–Crippen MR) is 136 cm³/mol. The maximum Gasteiger partial charge on any atom is 0.122 e. The summed E-state index contributed by atoms with van der Waals surface area (Å²) in [6.45, 7) is 10.8. The molecular weight excluding hydrogens is 392 g/mol. The van der Waals surface area contributed by atoms with Crippen LogP contribution in [0.4, 0.5) is 0 Å². The SMILES string of the molecule is CCCCCCc1cc(Cc2cc(C)c(O)c(C3CCCCC3)c2)cc(C(C)(C)C)c1O. The van der Waals surface area contributed by atoms with Gasteiger partial charge in [-0.25, -0.2) is 0 Å². The van der Waals surface area contributed by atoms with Crippen LogP contribution < -0.4 is 0 Å². The molecule has 2 aromatic rings. The van der Waals surface area contributed by atoms with Gasteiger partial charge in [0.2, 0.25) is 0 Å². The summed E-state index contributed by atoms with van der Waals surface area (Å²) in [5.41, 5.74) is 6.69. The lowest BCUT2D eigenvalue weighted by molar-refractivity contribution is 0.412. The first-order chi connectivity index (χ1) is 15.2. The number of aryl methyl sites for hydroxylation is 2. The van der Waals surface area contributed by atoms with Gasteiger partial charge in [0.15, 0.2) is 0 Å². The molecule has 0 saturated heterocycles. The van der Waals surface area contributed by atoms with Gasteiger partial charge in [-0.05, 0) is 83.7 Å². The van der Waals surface area contributed by atoms with Crippen LogP contribution in [0.2, 0.25) is 0 Å². The van der Waals surface area contributed by atoms with E-state index in [9.17, 15) is 10.2 Å². The van der Waals surface area contributed by atoms with Gasteiger partial charge in [-0.1, -0.05) is 90.5 Å². The number of unbranched alkanes of at least 4 members (excludes halogenated alkanes) is 3. The van der Waals surface area contributed by atoms with Gasteiger partial charge in [-0.2, -0.15) is 0 Å². The van der Waals surface area contributed by atoms with Crippen LogP contribution in [0.3, 0.4) is 0 Å². The molecule has 0 unspecified atom stereocenters. The molecule has 1 fully saturated rings. The molecule has 1 aliphatic carbocycles. The van der Waals surface area contributed by atoms with Crippen LogP contribution in [0.1, 0.15) is 125 Å². The summed E-state index contributed by atoms with van der Waals surface area (Å²) >= 11 is 0. The topological polar surface area (TPSA) is 40.5 Å². The zero-order chi connectivity index (χ0) is 23.3. The van der Waals surface area contributed by atoms with Gasteiger partial charge in [0.25, 0.3) is 0 Å². The third-order valence-corrected chi connectivity index (χ3v) is 7.20. The highest BCUT2D eigenvalue weighted by molar-refractivity contribution is 5.50. The smallest absolute Gasteiger partial charge is 0.122 e. The van der Waals surface area contributed by atoms with E-state index >= 15 is 0 Å². The first-order valence-corrected chi connectivity index (χ1v) is 12.9. The monoisotopic (exact) mass is 436 g/mol. The van der Waals surface area contributed by atoms with Gasteiger partial charge in [0, 0.05) is 0 Å². The Morgan fingerprint density at radius 3 is 2.19 bits per heavy atom. The third kappa shape index (κ3) is 6.09. The summed E-state index contributed by atoms with van der Waals surface area (Å²) in [4.78, 5) is 0. The van der Waals surface area contributed by atoms with E-state index in [2.05, 4.69) is 52.0 Å². The first kappa shape index (κ1) is 24.7. The highest BCUT2D eigenvalue weighted by atomic mass is 16.3. The van der Waals surface area contributed by atoms with Crippen molar-refractivity contribution in [3.05, 3.63) is 57.6 Å². The largest absolute Gasteiger partial charge is 0.507 e. The van der Waals surface area contributed by atoms with E-state index in [0.717, 1.165) is 41.5 Å². The molecule has 0 heterocycles. The zero-order valence-corrected chi connectivity index (χ0v) is 21.1. The Hall–Kier alpha value is -1.96. The summed E-state index contributed by atoms with van der Waals surface area (Å²) in [7, 11) is 0. The van der Waals surface area contributed by atoms with Gasteiger partial charge in [-0.15, -0.1) is 0 Å². The van der Waals surface area contributed by atoms with E-state index in [0.29, 0.717) is 17.4 Å². The van der Waals surface area contributed by atoms with Crippen LogP contribution in [0.15, 0.2) is 24.3 Å². The van der Waals surface area contributed by atoms with Crippen molar-refractivity contribution in [2.45, 2.75) is 117 Å². The van der Waals surface area contributed by atoms with Crippen LogP contribution in [0.5, 0.6) is 11.5 Å². The lowest BCUT2D eigenvalue weighted by Crippen LogP contribution is -2.13. The molecule has 32 heavy (non-hydrogen) atoms. The van der Waals surface area contributed by atoms with Crippen LogP contribution in [0.25, 0.3) is 0 Å². The van der Waals surface area contributed by atoms with Gasteiger partial charge in [0.1, 0.15) is 11.5 Å². The van der Waals surface area contributed by atoms with E-state index in [4.69, 9.17) is 0 Å². The van der Waals surface area contributed by atoms with Crippen molar-refractivity contribution in [1.29, 1.82) is 0 Å². The number of phenols is 2. The Bertz CT molecular complexity index is 898. The first-order valence-electron chi connectivity index (χ1n) is 12.9. The number of phenolic OH excluding ortho intramolecular Hbond substituents is 2. The van der Waals surface area contributed by atoms with Crippen molar-refractivity contribution >= 4 is 0 Å². The molecule has 0 aromatic heterocycles. The Morgan fingerprint density at radius 1 is 0.844 bits per heavy atom. The Balaban J connectivity index is 1.92. The van der Waals surface area contributed by atoms with E-state index in [1.807, 2.05) is 6.92 Å². The minimum atomic E-state index is -0.101. The van der Waals surface area contributed by atoms with Gasteiger partial charge < -0.3 is 10.2 Å². The number of hydrogen-bond acceptors (Lipinski definition) is 2. The number of rotatable bonds is 8. The maximum absolute atomic E-state index is 11.0. The Morgan fingerprint density at radius 2 is 1.53 bits per heavy atom. The number of hydrogen-bond donors (Lipinski definition) is 2. The minimum absolute atomic E-state index is 0.101. The average Bonchev–Trinajstić information content (AvgIpc) is 2.75. The quantitative estimate of drug-likeness (QED) is 0.407. The highest BCUT2D eigenvalue weighted by Crippen LogP contribution is 2.40. The van der Waals surface area contributed by atoms with Crippen molar-refractivity contribution in [2.24, 2.45) is 0 Å². The summed E-state index contributed by atoms with van der Waals surface area (Å²) in [6, 6.07) is 8.82. The second-order valence-corrected chi connectivity index (χ2v) is 11.1. The molecule has 0 bridgehead atoms. The fourth-order valence-corrected chi connectivity index (χ4v) is 5.31. The molecule has 0 atom stereocenters. The maximum atomic E-state index is 11.0. The third-order valence-electron chi connectivity index (χ3n) is 7.20. The molecule has 3 rings (SSSR count). The van der Waals surface area contributed by atoms with Crippen molar-refractivity contribution < 1.29 is 10.2 Å².